The van der Waals surface area contributed by atoms with Crippen molar-refractivity contribution in [2.45, 2.75) is 177 Å². The maximum Gasteiger partial charge on any atom is 0.338 e. The lowest BCUT2D eigenvalue weighted by Gasteiger charge is -2.42. The van der Waals surface area contributed by atoms with Crippen LogP contribution in [0.15, 0.2) is 206 Å². The Balaban J connectivity index is 0.000000347. The number of carbonyl (C=O) groups excluding carboxylic acids is 8. The lowest BCUT2D eigenvalue weighted by Crippen LogP contribution is -2.67. The second-order valence-electron chi connectivity index (χ2n) is 28.2. The normalized spacial score (nSPS) is 11.5. The van der Waals surface area contributed by atoms with Crippen LogP contribution in [0.3, 0.4) is 0 Å². The number of ether oxygens (including phenoxy) is 5. The Morgan fingerprint density at radius 1 is 0.337 bits per heavy atom. The van der Waals surface area contributed by atoms with Crippen molar-refractivity contribution < 1.29 is 75.3 Å². The average molecular weight is 1390 g/mol. The Bertz CT molecular complexity index is 3710. The quantitative estimate of drug-likeness (QED) is 0.0301. The van der Waals surface area contributed by atoms with Crippen LogP contribution in [-0.2, 0) is 37.2 Å². The molecule has 0 radical (unpaired) electrons. The highest BCUT2D eigenvalue weighted by atomic mass is 28.4. The van der Waals surface area contributed by atoms with Crippen LogP contribution in [0.5, 0.6) is 23.0 Å². The third-order valence-corrected chi connectivity index (χ3v) is 30.9. The topological polar surface area (TPSA) is 210 Å². The summed E-state index contributed by atoms with van der Waals surface area (Å²) in [5.74, 6) is -1.98. The van der Waals surface area contributed by atoms with E-state index in [1.54, 1.807) is 146 Å². The van der Waals surface area contributed by atoms with Gasteiger partial charge in [-0.2, -0.15) is 0 Å². The molecule has 0 unspecified atom stereocenters. The lowest BCUT2D eigenvalue weighted by molar-refractivity contribution is -0.130. The van der Waals surface area contributed by atoms with Gasteiger partial charge in [0, 0.05) is 22.3 Å². The Morgan fingerprint density at radius 2 is 0.582 bits per heavy atom. The van der Waals surface area contributed by atoms with Crippen molar-refractivity contribution in [1.29, 1.82) is 0 Å². The summed E-state index contributed by atoms with van der Waals surface area (Å²) in [5.41, 5.74) is 3.42. The Kier molecular flexibility index (Phi) is 30.3. The van der Waals surface area contributed by atoms with E-state index < -0.39 is 66.4 Å². The van der Waals surface area contributed by atoms with Crippen LogP contribution in [0.25, 0.3) is 0 Å². The highest BCUT2D eigenvalue weighted by Gasteiger charge is 2.53. The number of rotatable bonds is 20. The smallest absolute Gasteiger partial charge is 0.338 e. The minimum absolute atomic E-state index is 0.0420. The maximum absolute atomic E-state index is 13.4. The summed E-state index contributed by atoms with van der Waals surface area (Å²) in [6.07, 6.45) is 0. The first-order valence-corrected chi connectivity index (χ1v) is 39.2. The molecule has 6 aromatic rings. The molecule has 6 aromatic carbocycles. The zero-order chi connectivity index (χ0) is 74.5. The van der Waals surface area contributed by atoms with E-state index in [1.165, 1.54) is 0 Å². The van der Waals surface area contributed by atoms with Gasteiger partial charge in [0.05, 0.1) is 22.3 Å². The molecule has 0 bridgehead atoms. The van der Waals surface area contributed by atoms with E-state index in [9.17, 15) is 38.4 Å². The van der Waals surface area contributed by atoms with Gasteiger partial charge in [0.15, 0.2) is 0 Å². The van der Waals surface area contributed by atoms with Gasteiger partial charge in [0.2, 0.25) is 0 Å². The number of hydrogen-bond donors (Lipinski definition) is 0. The first-order chi connectivity index (χ1) is 45.3. The molecule has 0 aliphatic carbocycles. The van der Waals surface area contributed by atoms with Gasteiger partial charge in [-0.15, -0.1) is 0 Å². The van der Waals surface area contributed by atoms with Gasteiger partial charge in [-0.1, -0.05) is 170 Å². The molecule has 16 nitrogen and oxygen atoms in total. The predicted octanol–water partition coefficient (Wildman–Crippen LogP) is 17.8. The van der Waals surface area contributed by atoms with Gasteiger partial charge in [0.1, 0.15) is 28.6 Å². The van der Waals surface area contributed by atoms with Gasteiger partial charge < -0.3 is 37.0 Å². The molecule has 0 aromatic heterocycles. The van der Waals surface area contributed by atoms with E-state index in [4.69, 9.17) is 37.0 Å². The minimum atomic E-state index is -3.00. The monoisotopic (exact) mass is 1390 g/mol. The zero-order valence-corrected chi connectivity index (χ0v) is 64.1. The molecule has 0 atom stereocenters. The second-order valence-corrected chi connectivity index (χ2v) is 42.5. The van der Waals surface area contributed by atoms with Crippen LogP contribution in [0, 0.1) is 0 Å². The van der Waals surface area contributed by atoms with Gasteiger partial charge in [-0.3, -0.25) is 0 Å². The molecule has 0 saturated carbocycles. The molecule has 0 saturated heterocycles. The van der Waals surface area contributed by atoms with Gasteiger partial charge in [0.25, 0.3) is 16.6 Å². The number of hydrogen-bond acceptors (Lipinski definition) is 16. The molecule has 0 amide bonds. The Hall–Kier alpha value is -9.31. The van der Waals surface area contributed by atoms with Crippen molar-refractivity contribution in [3.63, 3.8) is 0 Å². The molecular weight excluding hydrogens is 1290 g/mol. The van der Waals surface area contributed by atoms with E-state index in [0.717, 1.165) is 10.4 Å². The van der Waals surface area contributed by atoms with Crippen molar-refractivity contribution in [2.75, 3.05) is 0 Å². The molecule has 19 heteroatoms. The zero-order valence-electron chi connectivity index (χ0n) is 61.1. The van der Waals surface area contributed by atoms with Crippen LogP contribution in [0.1, 0.15) is 173 Å². The van der Waals surface area contributed by atoms with Crippen molar-refractivity contribution in [1.82, 2.24) is 0 Å². The first-order valence-electron chi connectivity index (χ1n) is 32.3. The third kappa shape index (κ3) is 24.0. The highest BCUT2D eigenvalue weighted by molar-refractivity contribution is 7.00. The fraction of sp³-hybridized carbons (Fsp3) is 0.342. The SMILES string of the molecule is C=C(C)C(=O)Oc1ccc(C(=O)OC(C)(C)C)cc1.C=C(C)C(=O)Oc1ccc(C(=O)O[Si](C(C)C)(C(C)C)C(C)C)cc1.C=C(C)C(=O)Oc1ccc(C(=O)O[Si](C)(C)C(C)(C)C)cc1.C=C(C)C(=O)Oc1ccc(C(=O)O[Si](c2ccccc2)(c2ccccc2)C(C)(C)C)cc1. The van der Waals surface area contributed by atoms with Crippen LogP contribution in [0.4, 0.5) is 0 Å². The molecule has 524 valence electrons. The summed E-state index contributed by atoms with van der Waals surface area (Å²) in [4.78, 5) is 96.1. The molecule has 98 heavy (non-hydrogen) atoms. The minimum Gasteiger partial charge on any atom is -0.516 e. The van der Waals surface area contributed by atoms with Crippen LogP contribution < -0.4 is 29.3 Å². The van der Waals surface area contributed by atoms with Crippen LogP contribution in [-0.4, -0.2) is 78.3 Å². The summed E-state index contributed by atoms with van der Waals surface area (Å²) in [6.45, 7) is 55.3. The summed E-state index contributed by atoms with van der Waals surface area (Å²) < 4.78 is 44.1. The van der Waals surface area contributed by atoms with E-state index >= 15 is 0 Å². The van der Waals surface area contributed by atoms with Crippen molar-refractivity contribution in [3.8, 4) is 23.0 Å². The van der Waals surface area contributed by atoms with E-state index in [2.05, 4.69) is 109 Å². The fourth-order valence-corrected chi connectivity index (χ4v) is 20.0. The van der Waals surface area contributed by atoms with Crippen LogP contribution in [0.2, 0.25) is 39.8 Å². The first kappa shape index (κ1) is 82.9. The standard InChI is InChI=1S/C27H28O4Si.C20H30O4Si.C17H24O4Si.C15H18O4/c1-20(2)25(28)30-22-18-16-21(17-19-22)26(29)31-32(27(3,4)5,23-12-8-6-9-13-23)24-14-10-7-11-15-24;1-13(2)19(21)23-18-11-9-17(10-12-18)20(22)24-25(14(3)4,15(5)6)16(7)8;1-12(2)15(18)20-14-10-8-13(9-11-14)16(19)21-22(6,7)17(3,4)5;1-10(2)13(16)18-12-8-6-11(7-9-12)14(17)19-15(3,4)5/h6-19H,1H2,2-5H3;9-12,14-16H,1H2,2-8H3;8-11H,1H2,2-7H3;6-9H,1H2,2-5H3. The third-order valence-electron chi connectivity index (χ3n) is 15.8. The van der Waals surface area contributed by atoms with Crippen LogP contribution >= 0.6 is 0 Å². The maximum atomic E-state index is 13.4. The molecule has 0 aliphatic heterocycles. The molecular formula is C79H100O16Si3. The Morgan fingerprint density at radius 3 is 0.806 bits per heavy atom. The van der Waals surface area contributed by atoms with E-state index in [1.807, 2.05) is 73.8 Å². The summed E-state index contributed by atoms with van der Waals surface area (Å²) in [7, 11) is -7.42. The number of carbonyl (C=O) groups is 8. The number of esters is 5. The lowest BCUT2D eigenvalue weighted by atomic mass is 10.1. The van der Waals surface area contributed by atoms with E-state index in [0.29, 0.717) is 84.2 Å². The summed E-state index contributed by atoms with van der Waals surface area (Å²) >= 11 is 0. The van der Waals surface area contributed by atoms with Crippen molar-refractivity contribution in [2.24, 2.45) is 0 Å². The predicted molar refractivity (Wildman–Crippen MR) is 395 cm³/mol. The van der Waals surface area contributed by atoms with Gasteiger partial charge in [-0.25, -0.2) is 38.4 Å². The fourth-order valence-electron chi connectivity index (χ4n) is 9.61. The Labute approximate surface area is 583 Å². The van der Waals surface area contributed by atoms with Crippen molar-refractivity contribution >= 4 is 83.1 Å². The van der Waals surface area contributed by atoms with E-state index in [-0.39, 0.29) is 22.0 Å². The molecule has 0 spiro atoms. The molecule has 0 heterocycles. The molecule has 6 rings (SSSR count). The molecule has 0 N–H and O–H groups in total. The number of benzene rings is 6. The highest BCUT2D eigenvalue weighted by Crippen LogP contribution is 2.43. The molecule has 0 aliphatic rings. The van der Waals surface area contributed by atoms with Gasteiger partial charge in [-0.05, 0) is 196 Å². The van der Waals surface area contributed by atoms with Gasteiger partial charge >= 0.3 is 56.1 Å². The van der Waals surface area contributed by atoms with Crippen molar-refractivity contribution in [3.05, 3.63) is 229 Å². The summed E-state index contributed by atoms with van der Waals surface area (Å²) in [5, 5.41) is 1.69. The average Bonchev–Trinajstić information content (AvgIpc) is 0.744. The largest absolute Gasteiger partial charge is 0.516 e. The summed E-state index contributed by atoms with van der Waals surface area (Å²) in [6, 6.07) is 45.4. The second kappa shape index (κ2) is 35.8. The molecule has 0 fully saturated rings.